The van der Waals surface area contributed by atoms with Gasteiger partial charge in [0, 0.05) is 6.54 Å². The highest BCUT2D eigenvalue weighted by Gasteiger charge is 2.15. The largest absolute Gasteiger partial charge is 0.303 e. The van der Waals surface area contributed by atoms with Crippen molar-refractivity contribution in [2.24, 2.45) is 5.92 Å². The molecule has 1 atom stereocenters. The van der Waals surface area contributed by atoms with Crippen LogP contribution in [0.4, 0.5) is 0 Å². The van der Waals surface area contributed by atoms with Gasteiger partial charge in [-0.25, -0.2) is 0 Å². The first kappa shape index (κ1) is 12.4. The average molecular weight is 215 g/mol. The van der Waals surface area contributed by atoms with Crippen LogP contribution in [0.5, 0.6) is 0 Å². The summed E-state index contributed by atoms with van der Waals surface area (Å²) in [5.41, 5.74) is 0. The van der Waals surface area contributed by atoms with Crippen LogP contribution in [0.1, 0.15) is 45.4 Å². The maximum absolute atomic E-state index is 4.35. The highest BCUT2D eigenvalue weighted by atomic mass is 32.1. The van der Waals surface area contributed by atoms with Crippen molar-refractivity contribution >= 4 is 12.6 Å². The van der Waals surface area contributed by atoms with Gasteiger partial charge in [-0.15, -0.1) is 0 Å². The highest BCUT2D eigenvalue weighted by Crippen LogP contribution is 2.17. The summed E-state index contributed by atoms with van der Waals surface area (Å²) in [5.74, 6) is 1.95. The molecule has 1 nitrogen and oxygen atoms in total. The summed E-state index contributed by atoms with van der Waals surface area (Å²) < 4.78 is 0. The monoisotopic (exact) mass is 215 g/mol. The van der Waals surface area contributed by atoms with E-state index >= 15 is 0 Å². The van der Waals surface area contributed by atoms with Crippen LogP contribution in [-0.2, 0) is 0 Å². The lowest BCUT2D eigenvalue weighted by Crippen LogP contribution is -2.34. The van der Waals surface area contributed by atoms with Gasteiger partial charge in [0.15, 0.2) is 0 Å². The van der Waals surface area contributed by atoms with Gasteiger partial charge in [0.2, 0.25) is 0 Å². The van der Waals surface area contributed by atoms with E-state index in [1.54, 1.807) is 0 Å². The quantitative estimate of drug-likeness (QED) is 0.666. The van der Waals surface area contributed by atoms with Gasteiger partial charge in [-0.2, -0.15) is 12.6 Å². The maximum Gasteiger partial charge on any atom is 0.000995 e. The second-order valence-corrected chi connectivity index (χ2v) is 4.98. The molecule has 84 valence electrons. The fraction of sp³-hybridized carbons (Fsp3) is 1.00. The minimum Gasteiger partial charge on any atom is -0.303 e. The Kier molecular flexibility index (Phi) is 6.70. The molecular weight excluding hydrogens is 190 g/mol. The molecule has 2 heteroatoms. The molecule has 0 aromatic rings. The Balaban J connectivity index is 2.21. The first-order valence-electron chi connectivity index (χ1n) is 6.20. The average Bonchev–Trinajstić information content (AvgIpc) is 2.20. The van der Waals surface area contributed by atoms with Crippen molar-refractivity contribution in [2.75, 3.05) is 25.4 Å². The standard InChI is InChI=1S/C12H25NS/c1-2-6-12(7-10-14)11-13-8-4-3-5-9-13/h12,14H,2-11H2,1H3. The predicted octanol–water partition coefficient (Wildman–Crippen LogP) is 3.21. The van der Waals surface area contributed by atoms with Crippen LogP contribution < -0.4 is 0 Å². The lowest BCUT2D eigenvalue weighted by Gasteiger charge is -2.30. The highest BCUT2D eigenvalue weighted by molar-refractivity contribution is 7.80. The van der Waals surface area contributed by atoms with Crippen LogP contribution in [0.25, 0.3) is 0 Å². The zero-order chi connectivity index (χ0) is 10.2. The van der Waals surface area contributed by atoms with E-state index in [4.69, 9.17) is 0 Å². The molecule has 1 rings (SSSR count). The molecule has 0 aromatic heterocycles. The molecule has 0 N–H and O–H groups in total. The number of rotatable bonds is 6. The lowest BCUT2D eigenvalue weighted by molar-refractivity contribution is 0.188. The van der Waals surface area contributed by atoms with Gasteiger partial charge in [-0.1, -0.05) is 19.8 Å². The van der Waals surface area contributed by atoms with Crippen molar-refractivity contribution in [1.29, 1.82) is 0 Å². The van der Waals surface area contributed by atoms with Gasteiger partial charge in [-0.3, -0.25) is 0 Å². The van der Waals surface area contributed by atoms with E-state index in [1.165, 1.54) is 58.2 Å². The molecule has 1 aliphatic heterocycles. The van der Waals surface area contributed by atoms with Gasteiger partial charge in [0.05, 0.1) is 0 Å². The van der Waals surface area contributed by atoms with Crippen molar-refractivity contribution in [2.45, 2.75) is 45.4 Å². The maximum atomic E-state index is 4.35. The fourth-order valence-electron chi connectivity index (χ4n) is 2.42. The van der Waals surface area contributed by atoms with Crippen LogP contribution in [-0.4, -0.2) is 30.3 Å². The van der Waals surface area contributed by atoms with Crippen LogP contribution in [0.2, 0.25) is 0 Å². The zero-order valence-corrected chi connectivity index (χ0v) is 10.4. The number of hydrogen-bond acceptors (Lipinski definition) is 2. The smallest absolute Gasteiger partial charge is 0.000995 e. The van der Waals surface area contributed by atoms with Gasteiger partial charge >= 0.3 is 0 Å². The van der Waals surface area contributed by atoms with E-state index in [2.05, 4.69) is 24.5 Å². The van der Waals surface area contributed by atoms with E-state index in [0.29, 0.717) is 0 Å². The van der Waals surface area contributed by atoms with Crippen LogP contribution in [0, 0.1) is 5.92 Å². The van der Waals surface area contributed by atoms with Gasteiger partial charge in [0.1, 0.15) is 0 Å². The van der Waals surface area contributed by atoms with Gasteiger partial charge in [0.25, 0.3) is 0 Å². The van der Waals surface area contributed by atoms with Crippen molar-refractivity contribution in [3.05, 3.63) is 0 Å². The van der Waals surface area contributed by atoms with Crippen molar-refractivity contribution in [1.82, 2.24) is 4.90 Å². The predicted molar refractivity (Wildman–Crippen MR) is 67.2 cm³/mol. The summed E-state index contributed by atoms with van der Waals surface area (Å²) in [6.07, 6.45) is 8.29. The Morgan fingerprint density at radius 3 is 2.43 bits per heavy atom. The van der Waals surface area contributed by atoms with Crippen molar-refractivity contribution in [3.8, 4) is 0 Å². The Bertz CT molecular complexity index is 126. The molecule has 0 radical (unpaired) electrons. The Labute approximate surface area is 94.7 Å². The summed E-state index contributed by atoms with van der Waals surface area (Å²) in [5, 5.41) is 0. The first-order valence-corrected chi connectivity index (χ1v) is 6.83. The van der Waals surface area contributed by atoms with Gasteiger partial charge < -0.3 is 4.90 Å². The third-order valence-electron chi connectivity index (χ3n) is 3.20. The second kappa shape index (κ2) is 7.58. The Hall–Kier alpha value is 0.310. The fourth-order valence-corrected chi connectivity index (χ4v) is 2.79. The minimum absolute atomic E-state index is 0.899. The molecule has 1 heterocycles. The third kappa shape index (κ3) is 4.70. The van der Waals surface area contributed by atoms with Crippen molar-refractivity contribution < 1.29 is 0 Å². The molecule has 0 spiro atoms. The number of piperidine rings is 1. The summed E-state index contributed by atoms with van der Waals surface area (Å²) in [4.78, 5) is 2.66. The van der Waals surface area contributed by atoms with E-state index in [9.17, 15) is 0 Å². The number of hydrogen-bond donors (Lipinski definition) is 1. The van der Waals surface area contributed by atoms with E-state index in [-0.39, 0.29) is 0 Å². The summed E-state index contributed by atoms with van der Waals surface area (Å²) in [6.45, 7) is 6.30. The first-order chi connectivity index (χ1) is 6.86. The van der Waals surface area contributed by atoms with Crippen LogP contribution in [0.3, 0.4) is 0 Å². The van der Waals surface area contributed by atoms with Gasteiger partial charge in [-0.05, 0) is 50.4 Å². The minimum atomic E-state index is 0.899. The molecule has 14 heavy (non-hydrogen) atoms. The third-order valence-corrected chi connectivity index (χ3v) is 3.46. The van der Waals surface area contributed by atoms with E-state index < -0.39 is 0 Å². The molecule has 1 aliphatic rings. The number of nitrogens with zero attached hydrogens (tertiary/aromatic N) is 1. The number of likely N-dealkylation sites (tertiary alicyclic amines) is 1. The molecule has 0 aromatic carbocycles. The second-order valence-electron chi connectivity index (χ2n) is 4.53. The molecular formula is C12H25NS. The summed E-state index contributed by atoms with van der Waals surface area (Å²) in [7, 11) is 0. The van der Waals surface area contributed by atoms with E-state index in [1.807, 2.05) is 0 Å². The molecule has 1 saturated heterocycles. The molecule has 0 bridgehead atoms. The summed E-state index contributed by atoms with van der Waals surface area (Å²) >= 11 is 4.35. The molecule has 0 amide bonds. The van der Waals surface area contributed by atoms with Crippen LogP contribution >= 0.6 is 12.6 Å². The normalized spacial score (nSPS) is 21.0. The zero-order valence-electron chi connectivity index (χ0n) is 9.54. The number of thiol groups is 1. The topological polar surface area (TPSA) is 3.24 Å². The lowest BCUT2D eigenvalue weighted by atomic mass is 9.99. The van der Waals surface area contributed by atoms with Crippen LogP contribution in [0.15, 0.2) is 0 Å². The molecule has 1 unspecified atom stereocenters. The van der Waals surface area contributed by atoms with Crippen molar-refractivity contribution in [3.63, 3.8) is 0 Å². The van der Waals surface area contributed by atoms with E-state index in [0.717, 1.165) is 11.7 Å². The molecule has 0 aliphatic carbocycles. The summed E-state index contributed by atoms with van der Waals surface area (Å²) in [6, 6.07) is 0. The molecule has 0 saturated carbocycles. The molecule has 1 fully saturated rings. The SMILES string of the molecule is CCCC(CCS)CN1CCCCC1. The Morgan fingerprint density at radius 1 is 1.14 bits per heavy atom. The Morgan fingerprint density at radius 2 is 1.86 bits per heavy atom.